The number of pyridine rings is 1. The zero-order valence-corrected chi connectivity index (χ0v) is 13.8. The lowest BCUT2D eigenvalue weighted by molar-refractivity contribution is -0.106. The van der Waals surface area contributed by atoms with Crippen LogP contribution in [0.25, 0.3) is 22.1 Å². The van der Waals surface area contributed by atoms with Crippen LogP contribution in [0.3, 0.4) is 0 Å². The second kappa shape index (κ2) is 7.61. The molecule has 124 valence electrons. The second-order valence-corrected chi connectivity index (χ2v) is 5.06. The fraction of sp³-hybridized carbons (Fsp3) is 0.118. The molecule has 0 aliphatic rings. The van der Waals surface area contributed by atoms with Crippen LogP contribution in [-0.4, -0.2) is 24.3 Å². The monoisotopic (exact) mass is 346 g/mol. The summed E-state index contributed by atoms with van der Waals surface area (Å²) in [5.41, 5.74) is 6.32. The molecule has 0 atom stereocenters. The molecular weight excluding hydrogens is 332 g/mol. The van der Waals surface area contributed by atoms with E-state index in [0.717, 1.165) is 16.5 Å². The van der Waals surface area contributed by atoms with Crippen molar-refractivity contribution in [3.05, 3.63) is 47.4 Å². The number of ketones is 1. The maximum atomic E-state index is 11.6. The zero-order chi connectivity index (χ0) is 17.7. The van der Waals surface area contributed by atoms with E-state index in [0.29, 0.717) is 16.5 Å². The van der Waals surface area contributed by atoms with Crippen LogP contribution in [0.2, 0.25) is 5.15 Å². The van der Waals surface area contributed by atoms with E-state index in [9.17, 15) is 4.79 Å². The predicted octanol–water partition coefficient (Wildman–Crippen LogP) is 3.46. The summed E-state index contributed by atoms with van der Waals surface area (Å²) >= 11 is 6.16. The number of nitrogens with zero attached hydrogens (tertiary/aromatic N) is 1. The summed E-state index contributed by atoms with van der Waals surface area (Å²) in [6.07, 6.45) is 1.88. The van der Waals surface area contributed by atoms with Crippen molar-refractivity contribution in [2.45, 2.75) is 6.92 Å². The number of Topliss-reactive ketones (excluding diaryl/α,β-unsaturated/α-hetero) is 1. The summed E-state index contributed by atoms with van der Waals surface area (Å²) in [6.45, 7) is 1.46. The van der Waals surface area contributed by atoms with Crippen molar-refractivity contribution in [2.24, 2.45) is 5.73 Å². The van der Waals surface area contributed by atoms with Crippen LogP contribution in [0, 0.1) is 0 Å². The lowest BCUT2D eigenvalue weighted by Crippen LogP contribution is -1.87. The van der Waals surface area contributed by atoms with E-state index in [1.54, 1.807) is 25.4 Å². The smallest absolute Gasteiger partial charge is 0.204 e. The molecule has 0 saturated carbocycles. The van der Waals surface area contributed by atoms with Gasteiger partial charge >= 0.3 is 0 Å². The number of carbonyl (C=O) groups excluding carboxylic acids is 2. The SMILES string of the molecule is COc1ccc(-c2cccnc2Cl)c2cc(C(C)=O)oc12.NC=O. The maximum Gasteiger partial charge on any atom is 0.204 e. The van der Waals surface area contributed by atoms with Crippen LogP contribution >= 0.6 is 11.6 Å². The Bertz CT molecular complexity index is 889. The Morgan fingerprint density at radius 1 is 1.33 bits per heavy atom. The van der Waals surface area contributed by atoms with Crippen molar-refractivity contribution in [3.63, 3.8) is 0 Å². The molecule has 3 rings (SSSR count). The van der Waals surface area contributed by atoms with Gasteiger partial charge in [-0.15, -0.1) is 0 Å². The topological polar surface area (TPSA) is 95.4 Å². The fourth-order valence-electron chi connectivity index (χ4n) is 2.25. The molecule has 3 aromatic rings. The molecule has 0 spiro atoms. The van der Waals surface area contributed by atoms with E-state index in [1.165, 1.54) is 6.92 Å². The third-order valence-corrected chi connectivity index (χ3v) is 3.56. The minimum absolute atomic E-state index is 0.142. The highest BCUT2D eigenvalue weighted by molar-refractivity contribution is 6.32. The average molecular weight is 347 g/mol. The summed E-state index contributed by atoms with van der Waals surface area (Å²) < 4.78 is 10.9. The Morgan fingerprint density at radius 2 is 2.04 bits per heavy atom. The van der Waals surface area contributed by atoms with Gasteiger partial charge in [0.05, 0.1) is 7.11 Å². The molecule has 1 amide bonds. The van der Waals surface area contributed by atoms with Gasteiger partial charge in [0.25, 0.3) is 0 Å². The summed E-state index contributed by atoms with van der Waals surface area (Å²) in [7, 11) is 1.56. The van der Waals surface area contributed by atoms with Gasteiger partial charge in [0.1, 0.15) is 5.15 Å². The summed E-state index contributed by atoms with van der Waals surface area (Å²) in [4.78, 5) is 24.2. The molecule has 0 fully saturated rings. The molecule has 24 heavy (non-hydrogen) atoms. The molecule has 7 heteroatoms. The van der Waals surface area contributed by atoms with Gasteiger partial charge in [0.15, 0.2) is 22.9 Å². The van der Waals surface area contributed by atoms with E-state index in [2.05, 4.69) is 10.7 Å². The molecule has 2 heterocycles. The van der Waals surface area contributed by atoms with Crippen molar-refractivity contribution in [1.82, 2.24) is 4.98 Å². The first-order valence-corrected chi connectivity index (χ1v) is 7.29. The number of benzene rings is 1. The molecule has 0 bridgehead atoms. The number of carbonyl (C=O) groups is 2. The minimum atomic E-state index is -0.142. The number of amides is 1. The van der Waals surface area contributed by atoms with Gasteiger partial charge in [-0.1, -0.05) is 11.6 Å². The number of fused-ring (bicyclic) bond motifs is 1. The van der Waals surface area contributed by atoms with Crippen LogP contribution in [0.1, 0.15) is 17.5 Å². The molecule has 2 aromatic heterocycles. The molecule has 2 N–H and O–H groups in total. The predicted molar refractivity (Wildman–Crippen MR) is 91.3 cm³/mol. The normalized spacial score (nSPS) is 9.96. The summed E-state index contributed by atoms with van der Waals surface area (Å²) in [6, 6.07) is 9.05. The van der Waals surface area contributed by atoms with Gasteiger partial charge in [-0.25, -0.2) is 4.98 Å². The van der Waals surface area contributed by atoms with Crippen LogP contribution < -0.4 is 10.5 Å². The third-order valence-electron chi connectivity index (χ3n) is 3.26. The van der Waals surface area contributed by atoms with Crippen molar-refractivity contribution in [3.8, 4) is 16.9 Å². The maximum absolute atomic E-state index is 11.6. The number of hydrogen-bond donors (Lipinski definition) is 1. The van der Waals surface area contributed by atoms with Gasteiger partial charge in [0.2, 0.25) is 6.41 Å². The molecule has 0 aliphatic carbocycles. The first-order valence-electron chi connectivity index (χ1n) is 6.91. The Hall–Kier alpha value is -2.86. The Morgan fingerprint density at radius 3 is 2.62 bits per heavy atom. The zero-order valence-electron chi connectivity index (χ0n) is 13.1. The van der Waals surface area contributed by atoms with Gasteiger partial charge in [0, 0.05) is 24.1 Å². The Balaban J connectivity index is 0.000000647. The van der Waals surface area contributed by atoms with Crippen LogP contribution in [0.4, 0.5) is 0 Å². The minimum Gasteiger partial charge on any atom is -0.493 e. The van der Waals surface area contributed by atoms with E-state index in [-0.39, 0.29) is 18.0 Å². The Kier molecular flexibility index (Phi) is 5.55. The molecular formula is C17H15ClN2O4. The number of methoxy groups -OCH3 is 1. The van der Waals surface area contributed by atoms with Crippen molar-refractivity contribution in [1.29, 1.82) is 0 Å². The number of nitrogens with two attached hydrogens (primary N) is 1. The van der Waals surface area contributed by atoms with E-state index < -0.39 is 0 Å². The average Bonchev–Trinajstić information content (AvgIpc) is 3.01. The first-order chi connectivity index (χ1) is 11.5. The van der Waals surface area contributed by atoms with Crippen LogP contribution in [0.5, 0.6) is 5.75 Å². The van der Waals surface area contributed by atoms with Gasteiger partial charge in [-0.3, -0.25) is 9.59 Å². The number of furan rings is 1. The molecule has 0 saturated heterocycles. The van der Waals surface area contributed by atoms with E-state index in [4.69, 9.17) is 25.5 Å². The van der Waals surface area contributed by atoms with E-state index >= 15 is 0 Å². The molecule has 0 aliphatic heterocycles. The van der Waals surface area contributed by atoms with Crippen LogP contribution in [0.15, 0.2) is 40.9 Å². The lowest BCUT2D eigenvalue weighted by atomic mass is 10.0. The van der Waals surface area contributed by atoms with Crippen LogP contribution in [-0.2, 0) is 4.79 Å². The number of aromatic nitrogens is 1. The quantitative estimate of drug-likeness (QED) is 0.445. The molecule has 0 unspecified atom stereocenters. The molecule has 0 radical (unpaired) electrons. The standard InChI is InChI=1S/C16H12ClNO3.CH3NO/c1-9(19)14-8-12-10(11-4-3-7-18-16(11)17)5-6-13(20-2)15(12)21-14;2-1-3/h3-8H,1-2H3;1H,(H2,2,3). The number of rotatable bonds is 3. The second-order valence-electron chi connectivity index (χ2n) is 4.70. The number of hydrogen-bond acceptors (Lipinski definition) is 5. The number of halogens is 1. The largest absolute Gasteiger partial charge is 0.493 e. The Labute approximate surface area is 143 Å². The van der Waals surface area contributed by atoms with Gasteiger partial charge in [-0.05, 0) is 35.9 Å². The van der Waals surface area contributed by atoms with Crippen molar-refractivity contribution in [2.75, 3.05) is 7.11 Å². The van der Waals surface area contributed by atoms with Crippen molar-refractivity contribution >= 4 is 34.8 Å². The van der Waals surface area contributed by atoms with Crippen molar-refractivity contribution < 1.29 is 18.7 Å². The highest BCUT2D eigenvalue weighted by Gasteiger charge is 2.17. The fourth-order valence-corrected chi connectivity index (χ4v) is 2.48. The summed E-state index contributed by atoms with van der Waals surface area (Å²) in [5, 5.41) is 1.17. The molecule has 6 nitrogen and oxygen atoms in total. The highest BCUT2D eigenvalue weighted by atomic mass is 35.5. The summed E-state index contributed by atoms with van der Waals surface area (Å²) in [5.74, 6) is 0.716. The van der Waals surface area contributed by atoms with Gasteiger partial charge < -0.3 is 14.9 Å². The first kappa shape index (κ1) is 17.5. The third kappa shape index (κ3) is 3.38. The number of ether oxygens (including phenoxy) is 1. The molecule has 1 aromatic carbocycles. The number of primary amides is 1. The lowest BCUT2D eigenvalue weighted by Gasteiger charge is -2.07. The van der Waals surface area contributed by atoms with E-state index in [1.807, 2.05) is 18.2 Å². The van der Waals surface area contributed by atoms with Gasteiger partial charge in [-0.2, -0.15) is 0 Å². The highest BCUT2D eigenvalue weighted by Crippen LogP contribution is 2.38.